The first kappa shape index (κ1) is 25.5. The number of pyridine rings is 1. The van der Waals surface area contributed by atoms with E-state index in [2.05, 4.69) is 10.0 Å². The largest absolute Gasteiger partial charge is 0.352 e. The third-order valence-corrected chi connectivity index (χ3v) is 7.82. The highest BCUT2D eigenvalue weighted by Crippen LogP contribution is 2.34. The number of fused-ring (bicyclic) bond motifs is 1. The Balaban J connectivity index is 1.84. The Bertz CT molecular complexity index is 1890. The van der Waals surface area contributed by atoms with Crippen LogP contribution in [0.15, 0.2) is 62.9 Å². The monoisotopic (exact) mass is 539 g/mol. The molecule has 1 saturated carbocycles. The molecule has 1 fully saturated rings. The molecule has 1 aliphatic rings. The van der Waals surface area contributed by atoms with E-state index in [0.717, 1.165) is 4.57 Å². The van der Waals surface area contributed by atoms with E-state index in [9.17, 15) is 27.2 Å². The van der Waals surface area contributed by atoms with Gasteiger partial charge in [-0.05, 0) is 62.6 Å². The Morgan fingerprint density at radius 3 is 2.42 bits per heavy atom. The lowest BCUT2D eigenvalue weighted by Gasteiger charge is -2.19. The van der Waals surface area contributed by atoms with Crippen molar-refractivity contribution >= 4 is 38.1 Å². The van der Waals surface area contributed by atoms with Gasteiger partial charge in [-0.25, -0.2) is 22.2 Å². The molecule has 5 rings (SSSR count). The van der Waals surface area contributed by atoms with Crippen LogP contribution in [0.4, 0.5) is 21.5 Å². The van der Waals surface area contributed by atoms with Crippen LogP contribution >= 0.6 is 0 Å². The molecular formula is C26H26FN5O5S. The topological polar surface area (TPSA) is 124 Å². The Labute approximate surface area is 217 Å². The van der Waals surface area contributed by atoms with Gasteiger partial charge in [-0.2, -0.15) is 0 Å². The summed E-state index contributed by atoms with van der Waals surface area (Å²) < 4.78 is 45.0. The first-order valence-corrected chi connectivity index (χ1v) is 13.7. The first-order chi connectivity index (χ1) is 18.0. The van der Waals surface area contributed by atoms with Crippen molar-refractivity contribution in [1.82, 2.24) is 13.7 Å². The number of nitrogens with zero attached hydrogens (tertiary/aromatic N) is 3. The molecule has 2 aromatic carbocycles. The van der Waals surface area contributed by atoms with Crippen molar-refractivity contribution in [3.63, 3.8) is 0 Å². The van der Waals surface area contributed by atoms with E-state index in [1.807, 2.05) is 0 Å². The number of hydrogen-bond acceptors (Lipinski definition) is 6. The van der Waals surface area contributed by atoms with E-state index in [1.165, 1.54) is 53.4 Å². The average molecular weight is 540 g/mol. The van der Waals surface area contributed by atoms with Crippen molar-refractivity contribution in [2.24, 2.45) is 7.05 Å². The average Bonchev–Trinajstić information content (AvgIpc) is 3.69. The summed E-state index contributed by atoms with van der Waals surface area (Å²) in [6.45, 7) is 3.24. The molecule has 0 radical (unpaired) electrons. The van der Waals surface area contributed by atoms with Gasteiger partial charge in [-0.15, -0.1) is 0 Å². The Morgan fingerprint density at radius 1 is 1.03 bits per heavy atom. The van der Waals surface area contributed by atoms with Gasteiger partial charge >= 0.3 is 5.69 Å². The molecule has 2 N–H and O–H groups in total. The van der Waals surface area contributed by atoms with Crippen LogP contribution in [0.2, 0.25) is 0 Å². The lowest BCUT2D eigenvalue weighted by Crippen LogP contribution is -2.41. The van der Waals surface area contributed by atoms with Gasteiger partial charge < -0.3 is 5.32 Å². The molecule has 0 spiro atoms. The Morgan fingerprint density at radius 2 is 1.76 bits per heavy atom. The van der Waals surface area contributed by atoms with Crippen LogP contribution in [0.25, 0.3) is 16.7 Å². The summed E-state index contributed by atoms with van der Waals surface area (Å²) in [6, 6.07) is 11.5. The minimum Gasteiger partial charge on any atom is -0.352 e. The third kappa shape index (κ3) is 4.51. The van der Waals surface area contributed by atoms with Crippen LogP contribution in [-0.4, -0.2) is 27.9 Å². The highest BCUT2D eigenvalue weighted by Gasteiger charge is 2.31. The molecule has 2 heterocycles. The number of halogens is 1. The number of nitrogens with one attached hydrogen (secondary N) is 2. The smallest absolute Gasteiger partial charge is 0.337 e. The molecule has 0 bridgehead atoms. The number of hydrogen-bond donors (Lipinski definition) is 2. The molecule has 10 nitrogen and oxygen atoms in total. The highest BCUT2D eigenvalue weighted by atomic mass is 32.2. The van der Waals surface area contributed by atoms with E-state index in [4.69, 9.17) is 0 Å². The number of anilines is 3. The van der Waals surface area contributed by atoms with Crippen molar-refractivity contribution in [3.05, 3.63) is 91.1 Å². The van der Waals surface area contributed by atoms with Crippen molar-refractivity contribution in [2.75, 3.05) is 15.8 Å². The van der Waals surface area contributed by atoms with E-state index < -0.39 is 32.6 Å². The molecule has 0 atom stereocenters. The van der Waals surface area contributed by atoms with Crippen LogP contribution in [-0.2, 0) is 17.1 Å². The quantitative estimate of drug-likeness (QED) is 0.372. The minimum absolute atomic E-state index is 0.00471. The maximum atomic E-state index is 14.7. The molecule has 0 unspecified atom stereocenters. The van der Waals surface area contributed by atoms with Crippen LogP contribution in [0, 0.1) is 12.7 Å². The van der Waals surface area contributed by atoms with Gasteiger partial charge in [0.25, 0.3) is 11.1 Å². The summed E-state index contributed by atoms with van der Waals surface area (Å²) in [5, 5.41) is 2.90. The third-order valence-electron chi connectivity index (χ3n) is 6.51. The van der Waals surface area contributed by atoms with Gasteiger partial charge in [0.15, 0.2) is 0 Å². The summed E-state index contributed by atoms with van der Waals surface area (Å²) in [5.74, 6) is -0.711. The van der Waals surface area contributed by atoms with Crippen molar-refractivity contribution < 1.29 is 12.8 Å². The number of aryl methyl sites for hydroxylation is 2. The second-order valence-electron chi connectivity index (χ2n) is 9.34. The summed E-state index contributed by atoms with van der Waals surface area (Å²) in [4.78, 5) is 40.5. The lowest BCUT2D eigenvalue weighted by atomic mass is 10.2. The molecule has 38 heavy (non-hydrogen) atoms. The molecule has 1 aliphatic carbocycles. The minimum atomic E-state index is -3.60. The maximum absolute atomic E-state index is 14.7. The van der Waals surface area contributed by atoms with Crippen LogP contribution in [0.5, 0.6) is 0 Å². The zero-order valence-corrected chi connectivity index (χ0v) is 21.8. The number of benzene rings is 2. The van der Waals surface area contributed by atoms with Crippen LogP contribution < -0.4 is 26.8 Å². The highest BCUT2D eigenvalue weighted by molar-refractivity contribution is 7.92. The second kappa shape index (κ2) is 9.28. The summed E-state index contributed by atoms with van der Waals surface area (Å²) in [5.41, 5.74) is -0.509. The first-order valence-electron chi connectivity index (χ1n) is 12.1. The van der Waals surface area contributed by atoms with E-state index >= 15 is 0 Å². The zero-order chi connectivity index (χ0) is 27.4. The fourth-order valence-corrected chi connectivity index (χ4v) is 5.01. The summed E-state index contributed by atoms with van der Waals surface area (Å²) in [6.07, 6.45) is 1.27. The maximum Gasteiger partial charge on any atom is 0.337 e. The molecule has 0 saturated heterocycles. The standard InChI is InChI=1S/C26H26FN5O5S/c1-4-38(36,37)29-16-6-5-7-18(13-16)31-24-23(25(34)32(26(31)35)17-9-10-17)21(14-22(33)30(24)3)28-20-11-8-15(2)12-19(20)27/h5-8,11-14,17,28-29H,4,9-10H2,1-3H3. The molecule has 12 heteroatoms. The number of aromatic nitrogens is 3. The van der Waals surface area contributed by atoms with Gasteiger partial charge in [0, 0.05) is 19.2 Å². The zero-order valence-electron chi connectivity index (χ0n) is 21.0. The van der Waals surface area contributed by atoms with Crippen LogP contribution in [0.1, 0.15) is 31.4 Å². The number of sulfonamides is 1. The van der Waals surface area contributed by atoms with Gasteiger partial charge in [0.2, 0.25) is 10.0 Å². The van der Waals surface area contributed by atoms with Gasteiger partial charge in [-0.1, -0.05) is 12.1 Å². The Hall–Kier alpha value is -4.19. The summed E-state index contributed by atoms with van der Waals surface area (Å²) >= 11 is 0. The molecule has 4 aromatic rings. The van der Waals surface area contributed by atoms with Crippen molar-refractivity contribution in [3.8, 4) is 5.69 Å². The predicted octanol–water partition coefficient (Wildman–Crippen LogP) is 3.14. The molecule has 0 amide bonds. The number of rotatable bonds is 7. The SMILES string of the molecule is CCS(=O)(=O)Nc1cccc(-n2c(=O)n(C3CC3)c(=O)c3c(Nc4ccc(C)cc4F)cc(=O)n(C)c32)c1. The normalized spacial score (nSPS) is 13.6. The van der Waals surface area contributed by atoms with E-state index in [0.29, 0.717) is 18.4 Å². The van der Waals surface area contributed by atoms with Gasteiger partial charge in [-0.3, -0.25) is 23.4 Å². The fourth-order valence-electron chi connectivity index (χ4n) is 4.38. The van der Waals surface area contributed by atoms with Crippen LogP contribution in [0.3, 0.4) is 0 Å². The summed E-state index contributed by atoms with van der Waals surface area (Å²) in [7, 11) is -2.17. The van der Waals surface area contributed by atoms with Gasteiger partial charge in [0.05, 0.1) is 28.5 Å². The Kier molecular flexibility index (Phi) is 6.22. The lowest BCUT2D eigenvalue weighted by molar-refractivity contribution is 0.602. The molecule has 2 aromatic heterocycles. The molecule has 198 valence electrons. The molecular weight excluding hydrogens is 513 g/mol. The molecule has 0 aliphatic heterocycles. The van der Waals surface area contributed by atoms with Crippen molar-refractivity contribution in [1.29, 1.82) is 0 Å². The van der Waals surface area contributed by atoms with E-state index in [-0.39, 0.29) is 45.6 Å². The van der Waals surface area contributed by atoms with Gasteiger partial charge in [0.1, 0.15) is 16.9 Å². The van der Waals surface area contributed by atoms with Crippen molar-refractivity contribution in [2.45, 2.75) is 32.7 Å². The fraction of sp³-hybridized carbons (Fsp3) is 0.269. The second-order valence-corrected chi connectivity index (χ2v) is 11.4. The predicted molar refractivity (Wildman–Crippen MR) is 145 cm³/mol. The van der Waals surface area contributed by atoms with E-state index in [1.54, 1.807) is 25.1 Å².